The molecule has 0 saturated heterocycles. The summed E-state index contributed by atoms with van der Waals surface area (Å²) in [5, 5.41) is 12.7. The molecule has 5 heteroatoms. The molecule has 0 spiro atoms. The molecule has 0 heterocycles. The predicted molar refractivity (Wildman–Crippen MR) is 73.3 cm³/mol. The van der Waals surface area contributed by atoms with E-state index in [1.807, 2.05) is 0 Å². The smallest absolute Gasteiger partial charge is 0.251 e. The van der Waals surface area contributed by atoms with Crippen LogP contribution in [0.3, 0.4) is 0 Å². The van der Waals surface area contributed by atoms with Crippen molar-refractivity contribution in [3.05, 3.63) is 29.6 Å². The van der Waals surface area contributed by atoms with Gasteiger partial charge in [0.1, 0.15) is 0 Å². The Morgan fingerprint density at radius 2 is 2.20 bits per heavy atom. The summed E-state index contributed by atoms with van der Waals surface area (Å²) in [7, 11) is 1.35. The Kier molecular flexibility index (Phi) is 4.95. The van der Waals surface area contributed by atoms with Crippen molar-refractivity contribution in [3.63, 3.8) is 0 Å². The van der Waals surface area contributed by atoms with Crippen molar-refractivity contribution in [2.24, 2.45) is 5.92 Å². The Morgan fingerprint density at radius 3 is 2.85 bits per heavy atom. The number of hydrogen-bond donors (Lipinski definition) is 2. The van der Waals surface area contributed by atoms with E-state index in [4.69, 9.17) is 4.74 Å². The second-order valence-electron chi connectivity index (χ2n) is 5.17. The molecule has 4 nitrogen and oxygen atoms in total. The van der Waals surface area contributed by atoms with Crippen molar-refractivity contribution >= 4 is 5.91 Å². The van der Waals surface area contributed by atoms with Gasteiger partial charge in [-0.25, -0.2) is 4.39 Å². The SMILES string of the molecule is COc1cc(C(=O)NCC(O)C2CCCC2)ccc1F. The molecule has 1 aliphatic carbocycles. The van der Waals surface area contributed by atoms with E-state index in [-0.39, 0.29) is 24.1 Å². The number of ether oxygens (including phenoxy) is 1. The first-order chi connectivity index (χ1) is 9.61. The number of carbonyl (C=O) groups excluding carboxylic acids is 1. The lowest BCUT2D eigenvalue weighted by molar-refractivity contribution is 0.0840. The van der Waals surface area contributed by atoms with Crippen LogP contribution in [0.15, 0.2) is 18.2 Å². The van der Waals surface area contributed by atoms with Crippen LogP contribution in [-0.2, 0) is 0 Å². The van der Waals surface area contributed by atoms with Crippen molar-refractivity contribution in [2.45, 2.75) is 31.8 Å². The van der Waals surface area contributed by atoms with E-state index < -0.39 is 11.9 Å². The molecular weight excluding hydrogens is 261 g/mol. The molecule has 20 heavy (non-hydrogen) atoms. The van der Waals surface area contributed by atoms with E-state index in [9.17, 15) is 14.3 Å². The van der Waals surface area contributed by atoms with Gasteiger partial charge in [-0.3, -0.25) is 4.79 Å². The van der Waals surface area contributed by atoms with Crippen LogP contribution in [0.5, 0.6) is 5.75 Å². The summed E-state index contributed by atoms with van der Waals surface area (Å²) in [6.45, 7) is 0.225. The first-order valence-electron chi connectivity index (χ1n) is 6.91. The highest BCUT2D eigenvalue weighted by molar-refractivity contribution is 5.94. The molecule has 1 aliphatic rings. The number of methoxy groups -OCH3 is 1. The zero-order valence-corrected chi connectivity index (χ0v) is 11.6. The summed E-state index contributed by atoms with van der Waals surface area (Å²) < 4.78 is 18.1. The first-order valence-corrected chi connectivity index (χ1v) is 6.91. The van der Waals surface area contributed by atoms with E-state index in [0.29, 0.717) is 5.56 Å². The summed E-state index contributed by atoms with van der Waals surface area (Å²) >= 11 is 0. The maximum Gasteiger partial charge on any atom is 0.251 e. The van der Waals surface area contributed by atoms with Gasteiger partial charge in [0, 0.05) is 12.1 Å². The number of benzene rings is 1. The minimum Gasteiger partial charge on any atom is -0.494 e. The maximum absolute atomic E-state index is 13.3. The largest absolute Gasteiger partial charge is 0.494 e. The summed E-state index contributed by atoms with van der Waals surface area (Å²) in [4.78, 5) is 11.9. The van der Waals surface area contributed by atoms with Crippen LogP contribution in [0, 0.1) is 11.7 Å². The Labute approximate surface area is 117 Å². The summed E-state index contributed by atoms with van der Waals surface area (Å²) in [5.74, 6) is -0.526. The fourth-order valence-electron chi connectivity index (χ4n) is 2.61. The number of aliphatic hydroxyl groups excluding tert-OH is 1. The molecule has 1 saturated carbocycles. The van der Waals surface area contributed by atoms with Gasteiger partial charge in [0.2, 0.25) is 0 Å². The zero-order valence-electron chi connectivity index (χ0n) is 11.6. The number of amides is 1. The molecule has 1 atom stereocenters. The number of hydrogen-bond acceptors (Lipinski definition) is 3. The summed E-state index contributed by atoms with van der Waals surface area (Å²) in [5.41, 5.74) is 0.321. The average molecular weight is 281 g/mol. The molecular formula is C15H20FNO3. The number of rotatable bonds is 5. The number of halogens is 1. The Hall–Kier alpha value is -1.62. The summed E-state index contributed by atoms with van der Waals surface area (Å²) in [6, 6.07) is 3.95. The van der Waals surface area contributed by atoms with Crippen LogP contribution >= 0.6 is 0 Å². The third kappa shape index (κ3) is 3.48. The second-order valence-corrected chi connectivity index (χ2v) is 5.17. The summed E-state index contributed by atoms with van der Waals surface area (Å²) in [6.07, 6.45) is 3.81. The molecule has 1 fully saturated rings. The standard InChI is InChI=1S/C15H20FNO3/c1-20-14-8-11(6-7-12(14)16)15(19)17-9-13(18)10-4-2-3-5-10/h6-8,10,13,18H,2-5,9H2,1H3,(H,17,19). The van der Waals surface area contributed by atoms with E-state index in [0.717, 1.165) is 25.7 Å². The maximum atomic E-state index is 13.3. The molecule has 2 rings (SSSR count). The highest BCUT2D eigenvalue weighted by Gasteiger charge is 2.23. The Bertz CT molecular complexity index is 472. The van der Waals surface area contributed by atoms with Crippen molar-refractivity contribution in [1.82, 2.24) is 5.32 Å². The topological polar surface area (TPSA) is 58.6 Å². The van der Waals surface area contributed by atoms with Gasteiger partial charge < -0.3 is 15.2 Å². The molecule has 0 bridgehead atoms. The number of nitrogens with one attached hydrogen (secondary N) is 1. The predicted octanol–water partition coefficient (Wildman–Crippen LogP) is 2.12. The fourth-order valence-corrected chi connectivity index (χ4v) is 2.61. The molecule has 2 N–H and O–H groups in total. The minimum absolute atomic E-state index is 0.0361. The van der Waals surface area contributed by atoms with Crippen LogP contribution in [0.2, 0.25) is 0 Å². The molecule has 1 aromatic carbocycles. The van der Waals surface area contributed by atoms with Crippen molar-refractivity contribution in [1.29, 1.82) is 0 Å². The average Bonchev–Trinajstić information content (AvgIpc) is 2.99. The minimum atomic E-state index is -0.510. The van der Waals surface area contributed by atoms with E-state index in [1.54, 1.807) is 0 Å². The normalized spacial score (nSPS) is 16.9. The Morgan fingerprint density at radius 1 is 1.50 bits per heavy atom. The monoisotopic (exact) mass is 281 g/mol. The Balaban J connectivity index is 1.91. The molecule has 1 unspecified atom stereocenters. The molecule has 1 amide bonds. The number of carbonyl (C=O) groups is 1. The van der Waals surface area contributed by atoms with Gasteiger partial charge in [-0.15, -0.1) is 0 Å². The lowest BCUT2D eigenvalue weighted by Gasteiger charge is -2.18. The second kappa shape index (κ2) is 6.70. The van der Waals surface area contributed by atoms with Gasteiger partial charge in [0.15, 0.2) is 11.6 Å². The quantitative estimate of drug-likeness (QED) is 0.869. The van der Waals surface area contributed by atoms with E-state index in [2.05, 4.69) is 5.32 Å². The van der Waals surface area contributed by atoms with Crippen molar-refractivity contribution in [3.8, 4) is 5.75 Å². The van der Waals surface area contributed by atoms with Gasteiger partial charge in [0.25, 0.3) is 5.91 Å². The van der Waals surface area contributed by atoms with E-state index in [1.165, 1.54) is 25.3 Å². The highest BCUT2D eigenvalue weighted by Crippen LogP contribution is 2.27. The third-order valence-electron chi connectivity index (χ3n) is 3.83. The van der Waals surface area contributed by atoms with Crippen LogP contribution < -0.4 is 10.1 Å². The van der Waals surface area contributed by atoms with Crippen LogP contribution in [0.25, 0.3) is 0 Å². The lowest BCUT2D eigenvalue weighted by atomic mass is 10.0. The van der Waals surface area contributed by atoms with Crippen LogP contribution in [-0.4, -0.2) is 30.8 Å². The van der Waals surface area contributed by atoms with Gasteiger partial charge in [-0.2, -0.15) is 0 Å². The van der Waals surface area contributed by atoms with Gasteiger partial charge in [0.05, 0.1) is 13.2 Å². The molecule has 0 aromatic heterocycles. The number of aliphatic hydroxyl groups is 1. The lowest BCUT2D eigenvalue weighted by Crippen LogP contribution is -2.35. The third-order valence-corrected chi connectivity index (χ3v) is 3.83. The highest BCUT2D eigenvalue weighted by atomic mass is 19.1. The first kappa shape index (κ1) is 14.8. The van der Waals surface area contributed by atoms with E-state index >= 15 is 0 Å². The zero-order chi connectivity index (χ0) is 14.5. The van der Waals surface area contributed by atoms with Gasteiger partial charge in [-0.1, -0.05) is 12.8 Å². The van der Waals surface area contributed by atoms with Crippen molar-refractivity contribution in [2.75, 3.05) is 13.7 Å². The molecule has 1 aromatic rings. The molecule has 110 valence electrons. The fraction of sp³-hybridized carbons (Fsp3) is 0.533. The van der Waals surface area contributed by atoms with Crippen molar-refractivity contribution < 1.29 is 19.0 Å². The van der Waals surface area contributed by atoms with Crippen LogP contribution in [0.4, 0.5) is 4.39 Å². The van der Waals surface area contributed by atoms with Crippen LogP contribution in [0.1, 0.15) is 36.0 Å². The van der Waals surface area contributed by atoms with Gasteiger partial charge >= 0.3 is 0 Å². The molecule has 0 aliphatic heterocycles. The molecule has 0 radical (unpaired) electrons. The van der Waals surface area contributed by atoms with Gasteiger partial charge in [-0.05, 0) is 37.0 Å².